The Labute approximate surface area is 166 Å². The van der Waals surface area contributed by atoms with E-state index in [2.05, 4.69) is 47.4 Å². The quantitative estimate of drug-likeness (QED) is 0.685. The summed E-state index contributed by atoms with van der Waals surface area (Å²) in [6.45, 7) is 8.64. The Balaban J connectivity index is 1.87. The van der Waals surface area contributed by atoms with Crippen LogP contribution in [0.4, 0.5) is 5.82 Å². The fraction of sp³-hybridized carbons (Fsp3) is 0.261. The molecule has 0 atom stereocenters. The second-order valence-electron chi connectivity index (χ2n) is 7.87. The molecule has 0 aliphatic heterocycles. The molecule has 0 bridgehead atoms. The fourth-order valence-electron chi connectivity index (χ4n) is 2.82. The molecular formula is C23H26N4O. The third kappa shape index (κ3) is 5.39. The van der Waals surface area contributed by atoms with Gasteiger partial charge in [-0.2, -0.15) is 0 Å². The first-order valence-corrected chi connectivity index (χ1v) is 9.37. The average molecular weight is 374 g/mol. The zero-order valence-electron chi connectivity index (χ0n) is 16.8. The van der Waals surface area contributed by atoms with Crippen LogP contribution in [0, 0.1) is 6.92 Å². The molecule has 0 aliphatic carbocycles. The summed E-state index contributed by atoms with van der Waals surface area (Å²) >= 11 is 0. The van der Waals surface area contributed by atoms with Crippen molar-refractivity contribution in [1.29, 1.82) is 0 Å². The van der Waals surface area contributed by atoms with Gasteiger partial charge in [-0.15, -0.1) is 0 Å². The summed E-state index contributed by atoms with van der Waals surface area (Å²) in [5.74, 6) is 0.927. The lowest BCUT2D eigenvalue weighted by atomic mass is 10.1. The SMILES string of the molecule is Cc1cccc(CNC(=O)c2cc(NC(C)(C)C)nc(-c3ccccc3)n2)c1. The number of carbonyl (C=O) groups is 1. The summed E-state index contributed by atoms with van der Waals surface area (Å²) in [4.78, 5) is 21.9. The maximum absolute atomic E-state index is 12.8. The van der Waals surface area contributed by atoms with Gasteiger partial charge in [0.1, 0.15) is 11.5 Å². The molecule has 0 saturated carbocycles. The fourth-order valence-corrected chi connectivity index (χ4v) is 2.82. The Morgan fingerprint density at radius 3 is 2.39 bits per heavy atom. The van der Waals surface area contributed by atoms with E-state index in [4.69, 9.17) is 0 Å². The highest BCUT2D eigenvalue weighted by Gasteiger charge is 2.16. The standard InChI is InChI=1S/C23H26N4O/c1-16-9-8-10-17(13-16)15-24-22(28)19-14-20(27-23(2,3)4)26-21(25-19)18-11-6-5-7-12-18/h5-14H,15H2,1-4H3,(H,24,28)(H,25,26,27). The van der Waals surface area contributed by atoms with Crippen LogP contribution in [0.2, 0.25) is 0 Å². The molecule has 3 rings (SSSR count). The van der Waals surface area contributed by atoms with E-state index in [0.717, 1.165) is 16.7 Å². The summed E-state index contributed by atoms with van der Waals surface area (Å²) < 4.78 is 0. The minimum Gasteiger partial charge on any atom is -0.365 e. The highest BCUT2D eigenvalue weighted by molar-refractivity contribution is 5.93. The minimum atomic E-state index is -0.224. The summed E-state index contributed by atoms with van der Waals surface area (Å²) in [5, 5.41) is 6.29. The molecule has 1 amide bonds. The van der Waals surface area contributed by atoms with Crippen molar-refractivity contribution < 1.29 is 4.79 Å². The van der Waals surface area contributed by atoms with E-state index in [0.29, 0.717) is 23.9 Å². The first-order valence-electron chi connectivity index (χ1n) is 9.37. The Kier molecular flexibility index (Phi) is 5.73. The predicted octanol–water partition coefficient (Wildman–Crippen LogP) is 4.59. The zero-order chi connectivity index (χ0) is 20.1. The molecule has 1 aromatic heterocycles. The molecule has 0 fully saturated rings. The van der Waals surface area contributed by atoms with Gasteiger partial charge in [-0.05, 0) is 33.3 Å². The number of amides is 1. The van der Waals surface area contributed by atoms with Crippen LogP contribution in [0.1, 0.15) is 42.4 Å². The first-order chi connectivity index (χ1) is 13.3. The number of rotatable bonds is 5. The van der Waals surface area contributed by atoms with Crippen LogP contribution >= 0.6 is 0 Å². The van der Waals surface area contributed by atoms with Crippen molar-refractivity contribution in [3.63, 3.8) is 0 Å². The third-order valence-electron chi connectivity index (χ3n) is 4.03. The molecule has 0 saturated heterocycles. The van der Waals surface area contributed by atoms with E-state index in [1.807, 2.05) is 55.5 Å². The lowest BCUT2D eigenvalue weighted by Gasteiger charge is -2.22. The van der Waals surface area contributed by atoms with Crippen molar-refractivity contribution in [2.45, 2.75) is 39.8 Å². The normalized spacial score (nSPS) is 11.1. The van der Waals surface area contributed by atoms with Gasteiger partial charge in [0.25, 0.3) is 5.91 Å². The topological polar surface area (TPSA) is 66.9 Å². The first kappa shape index (κ1) is 19.5. The van der Waals surface area contributed by atoms with Crippen molar-refractivity contribution in [1.82, 2.24) is 15.3 Å². The molecule has 1 heterocycles. The van der Waals surface area contributed by atoms with Crippen molar-refractivity contribution in [3.8, 4) is 11.4 Å². The van der Waals surface area contributed by atoms with Gasteiger partial charge in [-0.1, -0.05) is 60.2 Å². The van der Waals surface area contributed by atoms with Gasteiger partial charge in [0.15, 0.2) is 5.82 Å². The Morgan fingerprint density at radius 2 is 1.71 bits per heavy atom. The van der Waals surface area contributed by atoms with Crippen molar-refractivity contribution in [2.75, 3.05) is 5.32 Å². The number of anilines is 1. The van der Waals surface area contributed by atoms with Crippen molar-refractivity contribution >= 4 is 11.7 Å². The van der Waals surface area contributed by atoms with Crippen molar-refractivity contribution in [3.05, 3.63) is 77.5 Å². The second-order valence-corrected chi connectivity index (χ2v) is 7.87. The number of carbonyl (C=O) groups excluding carboxylic acids is 1. The highest BCUT2D eigenvalue weighted by Crippen LogP contribution is 2.20. The van der Waals surface area contributed by atoms with Gasteiger partial charge in [-0.3, -0.25) is 4.79 Å². The number of benzene rings is 2. The average Bonchev–Trinajstić information content (AvgIpc) is 2.65. The van der Waals surface area contributed by atoms with Gasteiger partial charge in [0, 0.05) is 23.7 Å². The molecule has 0 radical (unpaired) electrons. The summed E-state index contributed by atoms with van der Waals surface area (Å²) in [7, 11) is 0. The maximum atomic E-state index is 12.8. The molecule has 3 aromatic rings. The largest absolute Gasteiger partial charge is 0.365 e. The number of hydrogen-bond acceptors (Lipinski definition) is 4. The lowest BCUT2D eigenvalue weighted by molar-refractivity contribution is 0.0946. The summed E-state index contributed by atoms with van der Waals surface area (Å²) in [6.07, 6.45) is 0. The number of aryl methyl sites for hydroxylation is 1. The van der Waals surface area contributed by atoms with Crippen LogP contribution in [0.15, 0.2) is 60.7 Å². The van der Waals surface area contributed by atoms with E-state index in [9.17, 15) is 4.79 Å². The molecule has 5 heteroatoms. The number of aromatic nitrogens is 2. The van der Waals surface area contributed by atoms with Gasteiger partial charge in [0.2, 0.25) is 0 Å². The number of hydrogen-bond donors (Lipinski definition) is 2. The van der Waals surface area contributed by atoms with Crippen LogP contribution in [0.25, 0.3) is 11.4 Å². The van der Waals surface area contributed by atoms with E-state index < -0.39 is 0 Å². The Bertz CT molecular complexity index is 962. The number of nitrogens with one attached hydrogen (secondary N) is 2. The van der Waals surface area contributed by atoms with Crippen LogP contribution in [0.3, 0.4) is 0 Å². The molecule has 0 spiro atoms. The van der Waals surface area contributed by atoms with Crippen LogP contribution in [-0.4, -0.2) is 21.4 Å². The van der Waals surface area contributed by atoms with E-state index in [1.165, 1.54) is 0 Å². The molecule has 2 N–H and O–H groups in total. The van der Waals surface area contributed by atoms with Crippen LogP contribution in [-0.2, 0) is 6.54 Å². The molecule has 0 unspecified atom stereocenters. The lowest BCUT2D eigenvalue weighted by Crippen LogP contribution is -2.28. The van der Waals surface area contributed by atoms with Gasteiger partial charge >= 0.3 is 0 Å². The van der Waals surface area contributed by atoms with Gasteiger partial charge in [-0.25, -0.2) is 9.97 Å². The zero-order valence-corrected chi connectivity index (χ0v) is 16.8. The minimum absolute atomic E-state index is 0.183. The van der Waals surface area contributed by atoms with Gasteiger partial charge < -0.3 is 10.6 Å². The Hall–Kier alpha value is -3.21. The molecule has 28 heavy (non-hydrogen) atoms. The predicted molar refractivity (Wildman–Crippen MR) is 113 cm³/mol. The molecule has 2 aromatic carbocycles. The monoisotopic (exact) mass is 374 g/mol. The molecular weight excluding hydrogens is 348 g/mol. The van der Waals surface area contributed by atoms with E-state index >= 15 is 0 Å². The molecule has 5 nitrogen and oxygen atoms in total. The smallest absolute Gasteiger partial charge is 0.270 e. The second kappa shape index (κ2) is 8.21. The van der Waals surface area contributed by atoms with Crippen LogP contribution < -0.4 is 10.6 Å². The summed E-state index contributed by atoms with van der Waals surface area (Å²) in [5.41, 5.74) is 3.24. The van der Waals surface area contributed by atoms with E-state index in [1.54, 1.807) is 6.07 Å². The third-order valence-corrected chi connectivity index (χ3v) is 4.03. The maximum Gasteiger partial charge on any atom is 0.270 e. The molecule has 144 valence electrons. The number of nitrogens with zero attached hydrogens (tertiary/aromatic N) is 2. The van der Waals surface area contributed by atoms with Crippen molar-refractivity contribution in [2.24, 2.45) is 0 Å². The van der Waals surface area contributed by atoms with Crippen LogP contribution in [0.5, 0.6) is 0 Å². The highest BCUT2D eigenvalue weighted by atomic mass is 16.1. The van der Waals surface area contributed by atoms with Gasteiger partial charge in [0.05, 0.1) is 0 Å². The molecule has 0 aliphatic rings. The van der Waals surface area contributed by atoms with E-state index in [-0.39, 0.29) is 11.4 Å². The Morgan fingerprint density at radius 1 is 0.964 bits per heavy atom. The summed E-state index contributed by atoms with van der Waals surface area (Å²) in [6, 6.07) is 19.4.